The van der Waals surface area contributed by atoms with Gasteiger partial charge in [0.1, 0.15) is 6.07 Å². The number of hydrogen-bond acceptors (Lipinski definition) is 6. The fourth-order valence-electron chi connectivity index (χ4n) is 0.905. The summed E-state index contributed by atoms with van der Waals surface area (Å²) in [5, 5.41) is 8.58. The second kappa shape index (κ2) is 3.70. The quantitative estimate of drug-likeness (QED) is 0.629. The van der Waals surface area contributed by atoms with Crippen LogP contribution < -0.4 is 5.73 Å². The summed E-state index contributed by atoms with van der Waals surface area (Å²) >= 11 is 0. The average Bonchev–Trinajstić information content (AvgIpc) is 2.19. The Bertz CT molecular complexity index is 422. The number of hydrogen-bond donors (Lipinski definition) is 1. The van der Waals surface area contributed by atoms with E-state index in [1.54, 1.807) is 13.0 Å². The van der Waals surface area contributed by atoms with Crippen LogP contribution in [0.5, 0.6) is 0 Å². The Morgan fingerprint density at radius 3 is 2.71 bits per heavy atom. The third-order valence-electron chi connectivity index (χ3n) is 1.58. The van der Waals surface area contributed by atoms with Gasteiger partial charge in [0.2, 0.25) is 0 Å². The highest BCUT2D eigenvalue weighted by atomic mass is 16.5. The number of carbonyl (C=O) groups is 1. The lowest BCUT2D eigenvalue weighted by atomic mass is 10.3. The Morgan fingerprint density at radius 1 is 1.57 bits per heavy atom. The van der Waals surface area contributed by atoms with Crippen LogP contribution in [0.3, 0.4) is 0 Å². The van der Waals surface area contributed by atoms with Crippen molar-refractivity contribution < 1.29 is 9.53 Å². The highest BCUT2D eigenvalue weighted by molar-refractivity contribution is 5.88. The van der Waals surface area contributed by atoms with Gasteiger partial charge in [-0.25, -0.2) is 14.8 Å². The lowest BCUT2D eigenvalue weighted by Gasteiger charge is -2.03. The molecule has 0 atom stereocenters. The topological polar surface area (TPSA) is 102 Å². The zero-order chi connectivity index (χ0) is 10.7. The van der Waals surface area contributed by atoms with Gasteiger partial charge >= 0.3 is 5.97 Å². The van der Waals surface area contributed by atoms with E-state index in [1.807, 2.05) is 0 Å². The van der Waals surface area contributed by atoms with Gasteiger partial charge in [-0.1, -0.05) is 0 Å². The lowest BCUT2D eigenvalue weighted by molar-refractivity contribution is 0.0592. The number of nitrogens with two attached hydrogens (primary N) is 1. The number of ether oxygens (including phenoxy) is 1. The van der Waals surface area contributed by atoms with Crippen molar-refractivity contribution in [2.24, 2.45) is 0 Å². The maximum atomic E-state index is 11.1. The number of carbonyl (C=O) groups excluding carboxylic acids is 1. The van der Waals surface area contributed by atoms with Gasteiger partial charge < -0.3 is 10.5 Å². The Morgan fingerprint density at radius 2 is 2.21 bits per heavy atom. The van der Waals surface area contributed by atoms with Crippen molar-refractivity contribution in [2.45, 2.75) is 6.92 Å². The van der Waals surface area contributed by atoms with Crippen LogP contribution in [0, 0.1) is 18.3 Å². The maximum Gasteiger partial charge on any atom is 0.358 e. The van der Waals surface area contributed by atoms with Gasteiger partial charge in [-0.2, -0.15) is 5.26 Å². The van der Waals surface area contributed by atoms with E-state index in [0.717, 1.165) is 0 Å². The Hall–Kier alpha value is -2.16. The lowest BCUT2D eigenvalue weighted by Crippen LogP contribution is -2.12. The number of nitrogen functional groups attached to an aromatic ring is 1. The molecule has 0 fully saturated rings. The third-order valence-corrected chi connectivity index (χ3v) is 1.58. The molecule has 1 heterocycles. The summed E-state index contributed by atoms with van der Waals surface area (Å²) in [6, 6.07) is 1.77. The molecule has 0 saturated heterocycles. The molecule has 72 valence electrons. The molecule has 2 N–H and O–H groups in total. The van der Waals surface area contributed by atoms with Crippen molar-refractivity contribution in [3.63, 3.8) is 0 Å². The van der Waals surface area contributed by atoms with E-state index in [2.05, 4.69) is 14.7 Å². The predicted octanol–water partition coefficient (Wildman–Crippen LogP) is 0.0255. The largest absolute Gasteiger partial charge is 0.464 e. The Kier molecular flexibility index (Phi) is 2.62. The number of aromatic nitrogens is 2. The molecule has 14 heavy (non-hydrogen) atoms. The van der Waals surface area contributed by atoms with Crippen LogP contribution in [0.1, 0.15) is 21.9 Å². The summed E-state index contributed by atoms with van der Waals surface area (Å²) in [5.41, 5.74) is 5.75. The predicted molar refractivity (Wildman–Crippen MR) is 47.2 cm³/mol. The summed E-state index contributed by atoms with van der Waals surface area (Å²) in [7, 11) is 1.23. The monoisotopic (exact) mass is 192 g/mol. The molecule has 0 aliphatic rings. The van der Waals surface area contributed by atoms with Crippen molar-refractivity contribution in [3.05, 3.63) is 17.1 Å². The molecule has 0 aromatic carbocycles. The molecule has 0 unspecified atom stereocenters. The first kappa shape index (κ1) is 9.92. The molecule has 0 saturated carbocycles. The first-order valence-corrected chi connectivity index (χ1v) is 3.72. The van der Waals surface area contributed by atoms with Crippen molar-refractivity contribution in [1.82, 2.24) is 9.97 Å². The number of anilines is 1. The summed E-state index contributed by atoms with van der Waals surface area (Å²) < 4.78 is 4.47. The number of aryl methyl sites for hydroxylation is 1. The third kappa shape index (κ3) is 1.61. The molecule has 0 radical (unpaired) electrons. The van der Waals surface area contributed by atoms with Crippen LogP contribution in [0.25, 0.3) is 0 Å². The van der Waals surface area contributed by atoms with E-state index in [9.17, 15) is 4.79 Å². The Labute approximate surface area is 80.3 Å². The van der Waals surface area contributed by atoms with Gasteiger partial charge in [0.25, 0.3) is 0 Å². The molecule has 1 aromatic heterocycles. The van der Waals surface area contributed by atoms with Gasteiger partial charge in [-0.05, 0) is 6.92 Å². The van der Waals surface area contributed by atoms with E-state index in [0.29, 0.717) is 5.69 Å². The van der Waals surface area contributed by atoms with E-state index in [-0.39, 0.29) is 17.2 Å². The highest BCUT2D eigenvalue weighted by Gasteiger charge is 2.15. The van der Waals surface area contributed by atoms with E-state index in [1.165, 1.54) is 7.11 Å². The number of nitrogens with zero attached hydrogens (tertiary/aromatic N) is 3. The summed E-state index contributed by atoms with van der Waals surface area (Å²) in [4.78, 5) is 18.7. The van der Waals surface area contributed by atoms with Gasteiger partial charge in [0, 0.05) is 0 Å². The van der Waals surface area contributed by atoms with Crippen LogP contribution in [-0.4, -0.2) is 23.0 Å². The number of nitriles is 1. The van der Waals surface area contributed by atoms with E-state index >= 15 is 0 Å². The number of esters is 1. The van der Waals surface area contributed by atoms with Gasteiger partial charge in [0.05, 0.1) is 12.8 Å². The highest BCUT2D eigenvalue weighted by Crippen LogP contribution is 2.10. The van der Waals surface area contributed by atoms with Crippen LogP contribution in [0.2, 0.25) is 0 Å². The summed E-state index contributed by atoms with van der Waals surface area (Å²) in [6.07, 6.45) is 0. The van der Waals surface area contributed by atoms with Crippen molar-refractivity contribution >= 4 is 11.8 Å². The summed E-state index contributed by atoms with van der Waals surface area (Å²) in [5.74, 6) is -0.690. The number of methoxy groups -OCH3 is 1. The molecular weight excluding hydrogens is 184 g/mol. The molecular formula is C8H8N4O2. The SMILES string of the molecule is COC(=O)c1nc(N)c(C#N)nc1C. The van der Waals surface area contributed by atoms with Crippen LogP contribution >= 0.6 is 0 Å². The van der Waals surface area contributed by atoms with Crippen LogP contribution in [0.4, 0.5) is 5.82 Å². The minimum atomic E-state index is -0.619. The van der Waals surface area contributed by atoms with E-state index in [4.69, 9.17) is 11.0 Å². The van der Waals surface area contributed by atoms with Crippen molar-refractivity contribution in [2.75, 3.05) is 12.8 Å². The first-order chi connectivity index (χ1) is 6.60. The molecule has 6 nitrogen and oxygen atoms in total. The fourth-order valence-corrected chi connectivity index (χ4v) is 0.905. The minimum absolute atomic E-state index is 0.00940. The zero-order valence-electron chi connectivity index (χ0n) is 7.74. The number of rotatable bonds is 1. The fraction of sp³-hybridized carbons (Fsp3) is 0.250. The first-order valence-electron chi connectivity index (χ1n) is 3.72. The molecule has 0 aliphatic heterocycles. The van der Waals surface area contributed by atoms with E-state index < -0.39 is 5.97 Å². The molecule has 0 amide bonds. The van der Waals surface area contributed by atoms with Gasteiger partial charge in [-0.3, -0.25) is 0 Å². The molecule has 0 aliphatic carbocycles. The Balaban J connectivity index is 3.30. The molecule has 0 spiro atoms. The standard InChI is InChI=1S/C8H8N4O2/c1-4-6(8(13)14-2)12-7(10)5(3-9)11-4/h1-2H3,(H2,10,12). The molecule has 6 heteroatoms. The maximum absolute atomic E-state index is 11.1. The normalized spacial score (nSPS) is 9.21. The van der Waals surface area contributed by atoms with Crippen LogP contribution in [0.15, 0.2) is 0 Å². The summed E-state index contributed by atoms with van der Waals surface area (Å²) in [6.45, 7) is 1.56. The van der Waals surface area contributed by atoms with Crippen molar-refractivity contribution in [3.8, 4) is 6.07 Å². The van der Waals surface area contributed by atoms with Crippen LogP contribution in [-0.2, 0) is 4.74 Å². The van der Waals surface area contributed by atoms with Gasteiger partial charge in [-0.15, -0.1) is 0 Å². The van der Waals surface area contributed by atoms with Crippen molar-refractivity contribution in [1.29, 1.82) is 5.26 Å². The molecule has 1 aromatic rings. The minimum Gasteiger partial charge on any atom is -0.464 e. The molecule has 1 rings (SSSR count). The average molecular weight is 192 g/mol. The zero-order valence-corrected chi connectivity index (χ0v) is 7.74. The smallest absolute Gasteiger partial charge is 0.358 e. The van der Waals surface area contributed by atoms with Gasteiger partial charge in [0.15, 0.2) is 17.2 Å². The second-order valence-corrected chi connectivity index (χ2v) is 2.49. The second-order valence-electron chi connectivity index (χ2n) is 2.49. The molecule has 0 bridgehead atoms.